The van der Waals surface area contributed by atoms with Gasteiger partial charge < -0.3 is 19.0 Å². The van der Waals surface area contributed by atoms with Crippen LogP contribution in [-0.4, -0.2) is 44.9 Å². The molecular formula is C32H36ClN7O3. The van der Waals surface area contributed by atoms with Gasteiger partial charge in [0.25, 0.3) is 0 Å². The Bertz CT molecular complexity index is 1620. The molecule has 3 atom stereocenters. The fourth-order valence-electron chi connectivity index (χ4n) is 6.72. The number of carbonyl (C=O) groups is 1. The van der Waals surface area contributed by atoms with E-state index in [-0.39, 0.29) is 12.1 Å². The standard InChI is InChI=1S/C32H36ClN7O3/c1-19-11-13-21(14-12-19)18-40-27-25(23-9-6-10-24(33)17-23)34-29(30-37-32(41)43-38-30)35-28(27)36-31(40)39-15-16-42-20(2)26(39)22-7-4-3-5-8-22/h3-10,17,19-21,26,30,38H,11-16,18H2,1-2H3,(H,37,41)/t19?,20-,21?,26+,30?/m1/s1. The van der Waals surface area contributed by atoms with E-state index in [1.165, 1.54) is 31.2 Å². The molecule has 2 aromatic heterocycles. The lowest BCUT2D eigenvalue weighted by Crippen LogP contribution is -2.45. The summed E-state index contributed by atoms with van der Waals surface area (Å²) in [7, 11) is 0. The number of benzene rings is 2. The minimum absolute atomic E-state index is 0.0249. The molecule has 0 radical (unpaired) electrons. The van der Waals surface area contributed by atoms with Crippen molar-refractivity contribution < 1.29 is 14.4 Å². The molecule has 43 heavy (non-hydrogen) atoms. The lowest BCUT2D eigenvalue weighted by atomic mass is 9.83. The largest absolute Gasteiger partial charge is 0.427 e. The normalized spacial score (nSPS) is 26.0. The van der Waals surface area contributed by atoms with E-state index in [1.807, 2.05) is 30.3 Å². The molecule has 7 rings (SSSR count). The SMILES string of the molecule is CC1CCC(Cn2c(N3CCO[C@H](C)[C@H]3c3ccccc3)nc3nc(C4NOC(=O)N4)nc(-c4cccc(Cl)c4)c32)CC1. The summed E-state index contributed by atoms with van der Waals surface area (Å²) in [4.78, 5) is 34.4. The van der Waals surface area contributed by atoms with Gasteiger partial charge in [0.2, 0.25) is 5.95 Å². The second-order valence-corrected chi connectivity index (χ2v) is 12.4. The maximum absolute atomic E-state index is 11.9. The van der Waals surface area contributed by atoms with Gasteiger partial charge in [-0.2, -0.15) is 4.98 Å². The van der Waals surface area contributed by atoms with Crippen molar-refractivity contribution in [2.45, 2.75) is 64.4 Å². The molecule has 2 saturated heterocycles. The fraction of sp³-hybridized carbons (Fsp3) is 0.438. The Balaban J connectivity index is 1.44. The van der Waals surface area contributed by atoms with E-state index in [0.29, 0.717) is 41.3 Å². The number of fused-ring (bicyclic) bond motifs is 1. The highest BCUT2D eigenvalue weighted by molar-refractivity contribution is 6.30. The van der Waals surface area contributed by atoms with Crippen LogP contribution >= 0.6 is 11.6 Å². The Morgan fingerprint density at radius 2 is 1.81 bits per heavy atom. The van der Waals surface area contributed by atoms with Crippen molar-refractivity contribution in [2.24, 2.45) is 11.8 Å². The van der Waals surface area contributed by atoms with Crippen molar-refractivity contribution in [1.29, 1.82) is 0 Å². The molecule has 1 amide bonds. The molecule has 2 aromatic carbocycles. The second-order valence-electron chi connectivity index (χ2n) is 12.0. The van der Waals surface area contributed by atoms with Crippen LogP contribution in [0.4, 0.5) is 10.7 Å². The van der Waals surface area contributed by atoms with Crippen LogP contribution in [0, 0.1) is 11.8 Å². The molecule has 4 heterocycles. The summed E-state index contributed by atoms with van der Waals surface area (Å²) in [5.41, 5.74) is 6.86. The first kappa shape index (κ1) is 28.1. The number of rotatable bonds is 6. The summed E-state index contributed by atoms with van der Waals surface area (Å²) >= 11 is 6.49. The van der Waals surface area contributed by atoms with Crippen LogP contribution in [0.2, 0.25) is 5.02 Å². The maximum Gasteiger partial charge on any atom is 0.427 e. The highest BCUT2D eigenvalue weighted by Crippen LogP contribution is 2.39. The molecule has 10 nitrogen and oxygen atoms in total. The van der Waals surface area contributed by atoms with E-state index in [0.717, 1.165) is 29.5 Å². The number of nitrogens with one attached hydrogen (secondary N) is 2. The van der Waals surface area contributed by atoms with E-state index in [2.05, 4.69) is 58.4 Å². The number of hydrogen-bond donors (Lipinski definition) is 2. The minimum atomic E-state index is -0.705. The number of hydroxylamine groups is 1. The van der Waals surface area contributed by atoms with Crippen molar-refractivity contribution >= 4 is 34.8 Å². The zero-order valence-electron chi connectivity index (χ0n) is 24.4. The summed E-state index contributed by atoms with van der Waals surface area (Å²) in [5, 5.41) is 3.34. The predicted octanol–water partition coefficient (Wildman–Crippen LogP) is 6.18. The molecule has 224 valence electrons. The van der Waals surface area contributed by atoms with E-state index in [4.69, 9.17) is 36.1 Å². The molecule has 1 unspecified atom stereocenters. The molecule has 2 aliphatic heterocycles. The average molecular weight is 602 g/mol. The monoisotopic (exact) mass is 601 g/mol. The zero-order valence-corrected chi connectivity index (χ0v) is 25.1. The van der Waals surface area contributed by atoms with Gasteiger partial charge in [-0.1, -0.05) is 73.8 Å². The van der Waals surface area contributed by atoms with E-state index in [1.54, 1.807) is 0 Å². The van der Waals surface area contributed by atoms with Gasteiger partial charge in [0, 0.05) is 23.7 Å². The third-order valence-corrected chi connectivity index (χ3v) is 9.19. The minimum Gasteiger partial charge on any atom is -0.374 e. The van der Waals surface area contributed by atoms with Gasteiger partial charge in [-0.3, -0.25) is 5.32 Å². The number of anilines is 1. The molecule has 0 bridgehead atoms. The van der Waals surface area contributed by atoms with E-state index < -0.39 is 12.3 Å². The van der Waals surface area contributed by atoms with Gasteiger partial charge in [-0.25, -0.2) is 14.8 Å². The van der Waals surface area contributed by atoms with Crippen LogP contribution in [-0.2, 0) is 16.1 Å². The Hall–Kier alpha value is -3.73. The smallest absolute Gasteiger partial charge is 0.374 e. The molecule has 3 aliphatic rings. The number of ether oxygens (including phenoxy) is 1. The van der Waals surface area contributed by atoms with Crippen LogP contribution in [0.1, 0.15) is 63.1 Å². The molecule has 1 saturated carbocycles. The Morgan fingerprint density at radius 1 is 1.00 bits per heavy atom. The number of imidazole rings is 1. The first-order valence-corrected chi connectivity index (χ1v) is 15.5. The van der Waals surface area contributed by atoms with Crippen LogP contribution in [0.5, 0.6) is 0 Å². The summed E-state index contributed by atoms with van der Waals surface area (Å²) in [6, 6.07) is 18.1. The zero-order chi connectivity index (χ0) is 29.5. The van der Waals surface area contributed by atoms with Crippen molar-refractivity contribution in [2.75, 3.05) is 18.1 Å². The lowest BCUT2D eigenvalue weighted by Gasteiger charge is -2.41. The summed E-state index contributed by atoms with van der Waals surface area (Å²) < 4.78 is 8.53. The number of amides is 1. The highest BCUT2D eigenvalue weighted by atomic mass is 35.5. The predicted molar refractivity (Wildman–Crippen MR) is 164 cm³/mol. The average Bonchev–Trinajstić information content (AvgIpc) is 3.61. The van der Waals surface area contributed by atoms with Crippen molar-refractivity contribution in [3.8, 4) is 11.3 Å². The quantitative estimate of drug-likeness (QED) is 0.270. The number of carbonyl (C=O) groups excluding carboxylic acids is 1. The third kappa shape index (κ3) is 5.55. The van der Waals surface area contributed by atoms with Gasteiger partial charge in [-0.15, -0.1) is 5.48 Å². The first-order chi connectivity index (χ1) is 20.9. The van der Waals surface area contributed by atoms with Gasteiger partial charge in [-0.05, 0) is 49.3 Å². The molecule has 0 spiro atoms. The van der Waals surface area contributed by atoms with Crippen molar-refractivity contribution in [3.63, 3.8) is 0 Å². The van der Waals surface area contributed by atoms with Gasteiger partial charge in [0.05, 0.1) is 18.8 Å². The fourth-order valence-corrected chi connectivity index (χ4v) is 6.91. The number of hydrogen-bond acceptors (Lipinski definition) is 8. The number of nitrogens with zero attached hydrogens (tertiary/aromatic N) is 5. The summed E-state index contributed by atoms with van der Waals surface area (Å²) in [5.74, 6) is 2.48. The Labute approximate surface area is 255 Å². The highest BCUT2D eigenvalue weighted by Gasteiger charge is 2.36. The first-order valence-electron chi connectivity index (χ1n) is 15.1. The molecular weight excluding hydrogens is 566 g/mol. The van der Waals surface area contributed by atoms with Crippen molar-refractivity contribution in [1.82, 2.24) is 30.3 Å². The van der Waals surface area contributed by atoms with Gasteiger partial charge in [0.15, 0.2) is 17.6 Å². The Morgan fingerprint density at radius 3 is 2.56 bits per heavy atom. The topological polar surface area (TPSA) is 106 Å². The number of aromatic nitrogens is 4. The Kier molecular flexibility index (Phi) is 7.67. The summed E-state index contributed by atoms with van der Waals surface area (Å²) in [6.07, 6.45) is 3.47. The van der Waals surface area contributed by atoms with Gasteiger partial charge >= 0.3 is 6.09 Å². The van der Waals surface area contributed by atoms with Crippen LogP contribution in [0.15, 0.2) is 54.6 Å². The van der Waals surface area contributed by atoms with E-state index >= 15 is 0 Å². The summed E-state index contributed by atoms with van der Waals surface area (Å²) in [6.45, 7) is 6.57. The number of halogens is 1. The van der Waals surface area contributed by atoms with Crippen molar-refractivity contribution in [3.05, 3.63) is 71.0 Å². The maximum atomic E-state index is 11.9. The third-order valence-electron chi connectivity index (χ3n) is 8.96. The van der Waals surface area contributed by atoms with E-state index in [9.17, 15) is 4.79 Å². The van der Waals surface area contributed by atoms with Crippen LogP contribution in [0.3, 0.4) is 0 Å². The molecule has 11 heteroatoms. The second kappa shape index (κ2) is 11.7. The van der Waals surface area contributed by atoms with Crippen LogP contribution < -0.4 is 15.7 Å². The van der Waals surface area contributed by atoms with Crippen LogP contribution in [0.25, 0.3) is 22.4 Å². The van der Waals surface area contributed by atoms with Gasteiger partial charge in [0.1, 0.15) is 11.2 Å². The lowest BCUT2D eigenvalue weighted by molar-refractivity contribution is 0.0221. The molecule has 4 aromatic rings. The molecule has 3 fully saturated rings. The number of morpholine rings is 1. The molecule has 2 N–H and O–H groups in total. The molecule has 1 aliphatic carbocycles.